The highest BCUT2D eigenvalue weighted by Gasteiger charge is 2.15. The Hall–Kier alpha value is -1.94. The fourth-order valence-electron chi connectivity index (χ4n) is 1.55. The van der Waals surface area contributed by atoms with Crippen LogP contribution in [0.2, 0.25) is 5.15 Å². The van der Waals surface area contributed by atoms with Gasteiger partial charge in [0, 0.05) is 12.5 Å². The summed E-state index contributed by atoms with van der Waals surface area (Å²) >= 11 is 5.75. The number of hydrogen-bond acceptors (Lipinski definition) is 3. The molecule has 1 heterocycles. The Bertz CT molecular complexity index is 543. The molecule has 2 rings (SSSR count). The van der Waals surface area contributed by atoms with Crippen LogP contribution < -0.4 is 0 Å². The minimum absolute atomic E-state index is 0.00162. The molecule has 1 aromatic heterocycles. The molecule has 0 aliphatic carbocycles. The van der Waals surface area contributed by atoms with Crippen LogP contribution in [0.25, 0.3) is 0 Å². The van der Waals surface area contributed by atoms with E-state index < -0.39 is 4.92 Å². The van der Waals surface area contributed by atoms with Crippen molar-refractivity contribution in [1.82, 2.24) is 4.98 Å². The molecule has 0 aliphatic heterocycles. The smallest absolute Gasteiger partial charge is 0.258 e. The Balaban J connectivity index is 2.37. The van der Waals surface area contributed by atoms with Crippen LogP contribution in [0.3, 0.4) is 0 Å². The highest BCUT2D eigenvalue weighted by atomic mass is 35.5. The van der Waals surface area contributed by atoms with Gasteiger partial charge in [0.15, 0.2) is 0 Å². The van der Waals surface area contributed by atoms with Gasteiger partial charge in [0.25, 0.3) is 5.69 Å². The van der Waals surface area contributed by atoms with Crippen LogP contribution in [0, 0.1) is 10.1 Å². The lowest BCUT2D eigenvalue weighted by Gasteiger charge is -2.02. The highest BCUT2D eigenvalue weighted by molar-refractivity contribution is 6.29. The molecular weight excluding hydrogens is 240 g/mol. The predicted molar refractivity (Wildman–Crippen MR) is 65.1 cm³/mol. The van der Waals surface area contributed by atoms with Crippen molar-refractivity contribution < 1.29 is 4.92 Å². The molecule has 0 N–H and O–H groups in total. The molecule has 2 aromatic rings. The molecule has 0 aliphatic rings. The van der Waals surface area contributed by atoms with Gasteiger partial charge in [0.2, 0.25) is 0 Å². The third kappa shape index (κ3) is 2.79. The van der Waals surface area contributed by atoms with Gasteiger partial charge in [-0.25, -0.2) is 4.98 Å². The van der Waals surface area contributed by atoms with E-state index in [1.165, 1.54) is 12.1 Å². The van der Waals surface area contributed by atoms with Crippen LogP contribution in [-0.4, -0.2) is 9.91 Å². The monoisotopic (exact) mass is 248 g/mol. The minimum Gasteiger partial charge on any atom is -0.258 e. The minimum atomic E-state index is -0.443. The van der Waals surface area contributed by atoms with Crippen LogP contribution in [0.4, 0.5) is 5.69 Å². The third-order valence-electron chi connectivity index (χ3n) is 2.33. The number of benzene rings is 1. The molecule has 4 nitrogen and oxygen atoms in total. The van der Waals surface area contributed by atoms with Gasteiger partial charge in [-0.15, -0.1) is 0 Å². The first-order valence-electron chi connectivity index (χ1n) is 5.00. The van der Waals surface area contributed by atoms with Gasteiger partial charge in [-0.05, 0) is 11.6 Å². The van der Waals surface area contributed by atoms with E-state index in [0.717, 1.165) is 5.56 Å². The SMILES string of the molecule is O=[N+]([O-])c1ccc(Cl)nc1Cc1ccccc1. The summed E-state index contributed by atoms with van der Waals surface area (Å²) < 4.78 is 0. The molecule has 0 unspecified atom stereocenters. The molecule has 0 saturated carbocycles. The molecular formula is C12H9ClN2O2. The average molecular weight is 249 g/mol. The molecule has 17 heavy (non-hydrogen) atoms. The first kappa shape index (κ1) is 11.5. The Kier molecular flexibility index (Phi) is 3.35. The van der Waals surface area contributed by atoms with E-state index in [4.69, 9.17) is 11.6 Å². The van der Waals surface area contributed by atoms with Crippen LogP contribution in [0.15, 0.2) is 42.5 Å². The Morgan fingerprint density at radius 2 is 1.88 bits per heavy atom. The summed E-state index contributed by atoms with van der Waals surface area (Å²) in [5, 5.41) is 11.1. The molecule has 0 fully saturated rings. The molecule has 1 aromatic carbocycles. The van der Waals surface area contributed by atoms with Gasteiger partial charge in [-0.2, -0.15) is 0 Å². The summed E-state index contributed by atoms with van der Waals surface area (Å²) in [5.41, 5.74) is 1.34. The van der Waals surface area contributed by atoms with E-state index in [9.17, 15) is 10.1 Å². The summed E-state index contributed by atoms with van der Waals surface area (Å²) in [6, 6.07) is 12.3. The number of hydrogen-bond donors (Lipinski definition) is 0. The van der Waals surface area contributed by atoms with E-state index >= 15 is 0 Å². The third-order valence-corrected chi connectivity index (χ3v) is 2.54. The maximum atomic E-state index is 10.8. The zero-order valence-corrected chi connectivity index (χ0v) is 9.59. The van der Waals surface area contributed by atoms with Crippen LogP contribution in [-0.2, 0) is 6.42 Å². The van der Waals surface area contributed by atoms with Gasteiger partial charge in [-0.3, -0.25) is 10.1 Å². The zero-order valence-electron chi connectivity index (χ0n) is 8.84. The van der Waals surface area contributed by atoms with Crippen molar-refractivity contribution in [2.75, 3.05) is 0 Å². The first-order valence-corrected chi connectivity index (χ1v) is 5.38. The second-order valence-electron chi connectivity index (χ2n) is 3.52. The summed E-state index contributed by atoms with van der Waals surface area (Å²) in [5.74, 6) is 0. The Labute approximate surface area is 103 Å². The van der Waals surface area contributed by atoms with Gasteiger partial charge < -0.3 is 0 Å². The maximum absolute atomic E-state index is 10.8. The summed E-state index contributed by atoms with van der Waals surface area (Å²) in [7, 11) is 0. The molecule has 0 spiro atoms. The lowest BCUT2D eigenvalue weighted by molar-refractivity contribution is -0.385. The van der Waals surface area contributed by atoms with Crippen molar-refractivity contribution in [3.63, 3.8) is 0 Å². The first-order chi connectivity index (χ1) is 8.16. The van der Waals surface area contributed by atoms with Crippen LogP contribution in [0.5, 0.6) is 0 Å². The van der Waals surface area contributed by atoms with Gasteiger partial charge in [-0.1, -0.05) is 41.9 Å². The molecule has 0 bridgehead atoms. The fourth-order valence-corrected chi connectivity index (χ4v) is 1.72. The Morgan fingerprint density at radius 3 is 2.53 bits per heavy atom. The second-order valence-corrected chi connectivity index (χ2v) is 3.91. The number of pyridine rings is 1. The van der Waals surface area contributed by atoms with Crippen molar-refractivity contribution in [2.45, 2.75) is 6.42 Å². The van der Waals surface area contributed by atoms with Crippen LogP contribution in [0.1, 0.15) is 11.3 Å². The van der Waals surface area contributed by atoms with Crippen molar-refractivity contribution in [1.29, 1.82) is 0 Å². The van der Waals surface area contributed by atoms with Gasteiger partial charge in [0.05, 0.1) is 4.92 Å². The number of nitro groups is 1. The van der Waals surface area contributed by atoms with E-state index in [0.29, 0.717) is 12.1 Å². The molecule has 0 amide bonds. The largest absolute Gasteiger partial charge is 0.291 e. The van der Waals surface area contributed by atoms with Crippen LogP contribution >= 0.6 is 11.6 Å². The van der Waals surface area contributed by atoms with Gasteiger partial charge >= 0.3 is 0 Å². The maximum Gasteiger partial charge on any atom is 0.291 e. The van der Waals surface area contributed by atoms with Crippen molar-refractivity contribution in [2.24, 2.45) is 0 Å². The zero-order chi connectivity index (χ0) is 12.3. The van der Waals surface area contributed by atoms with Crippen molar-refractivity contribution >= 4 is 17.3 Å². The second kappa shape index (κ2) is 4.93. The number of halogens is 1. The topological polar surface area (TPSA) is 56.0 Å². The summed E-state index contributed by atoms with van der Waals surface area (Å²) in [6.07, 6.45) is 0.401. The van der Waals surface area contributed by atoms with Crippen molar-refractivity contribution in [3.05, 3.63) is 69.0 Å². The fraction of sp³-hybridized carbons (Fsp3) is 0.0833. The molecule has 5 heteroatoms. The predicted octanol–water partition coefficient (Wildman–Crippen LogP) is 3.23. The molecule has 86 valence electrons. The van der Waals surface area contributed by atoms with E-state index in [1.807, 2.05) is 30.3 Å². The number of nitrogens with zero attached hydrogens (tertiary/aromatic N) is 2. The lowest BCUT2D eigenvalue weighted by Crippen LogP contribution is -1.99. The number of rotatable bonds is 3. The normalized spacial score (nSPS) is 10.2. The molecule has 0 saturated heterocycles. The van der Waals surface area contributed by atoms with E-state index in [1.54, 1.807) is 0 Å². The quantitative estimate of drug-likeness (QED) is 0.476. The van der Waals surface area contributed by atoms with E-state index in [2.05, 4.69) is 4.98 Å². The number of aromatic nitrogens is 1. The highest BCUT2D eigenvalue weighted by Crippen LogP contribution is 2.21. The van der Waals surface area contributed by atoms with Gasteiger partial charge in [0.1, 0.15) is 10.8 Å². The molecule has 0 atom stereocenters. The standard InChI is InChI=1S/C12H9ClN2O2/c13-12-7-6-11(15(16)17)10(14-12)8-9-4-2-1-3-5-9/h1-7H,8H2. The Morgan fingerprint density at radius 1 is 1.18 bits per heavy atom. The van der Waals surface area contributed by atoms with E-state index in [-0.39, 0.29) is 10.8 Å². The average Bonchev–Trinajstić information content (AvgIpc) is 2.30. The summed E-state index contributed by atoms with van der Waals surface area (Å²) in [6.45, 7) is 0. The van der Waals surface area contributed by atoms with Crippen molar-refractivity contribution in [3.8, 4) is 0 Å². The summed E-state index contributed by atoms with van der Waals surface area (Å²) in [4.78, 5) is 14.4. The molecule has 0 radical (unpaired) electrons. The lowest BCUT2D eigenvalue weighted by atomic mass is 10.1.